The number of aromatic amines is 1. The number of nitrogens with zero attached hydrogens (tertiary/aromatic N) is 3. The van der Waals surface area contributed by atoms with Crippen LogP contribution in [-0.2, 0) is 0 Å². The fourth-order valence-corrected chi connectivity index (χ4v) is 3.88. The molecule has 0 saturated carbocycles. The number of aliphatic imine (C=N–C) groups is 1. The third-order valence-electron chi connectivity index (χ3n) is 5.13. The Bertz CT molecular complexity index is 1060. The molecule has 1 unspecified atom stereocenters. The minimum atomic E-state index is -0.272. The Balaban J connectivity index is 1.77. The fourth-order valence-electron chi connectivity index (χ4n) is 3.88. The molecule has 0 saturated heterocycles. The first kappa shape index (κ1) is 18.6. The molecule has 0 aliphatic carbocycles. The van der Waals surface area contributed by atoms with Crippen LogP contribution < -0.4 is 5.32 Å². The van der Waals surface area contributed by atoms with Gasteiger partial charge in [0, 0.05) is 41.0 Å². The molecule has 2 N–H and O–H groups in total. The van der Waals surface area contributed by atoms with Gasteiger partial charge in [0.25, 0.3) is 0 Å². The monoisotopic (exact) mass is 379 g/mol. The number of H-pyrrole nitrogens is 1. The van der Waals surface area contributed by atoms with Gasteiger partial charge in [-0.25, -0.2) is 9.37 Å². The van der Waals surface area contributed by atoms with E-state index in [0.29, 0.717) is 17.6 Å². The first-order valence-electron chi connectivity index (χ1n) is 9.83. The number of anilines is 1. The van der Waals surface area contributed by atoms with E-state index in [0.717, 1.165) is 39.9 Å². The van der Waals surface area contributed by atoms with Gasteiger partial charge in [0.15, 0.2) is 0 Å². The second-order valence-corrected chi connectivity index (χ2v) is 8.29. The second-order valence-electron chi connectivity index (χ2n) is 8.29. The minimum Gasteiger partial charge on any atom is -0.352 e. The van der Waals surface area contributed by atoms with Gasteiger partial charge >= 0.3 is 0 Å². The van der Waals surface area contributed by atoms with Crippen molar-refractivity contribution >= 4 is 28.4 Å². The molecule has 3 aromatic rings. The molecule has 0 radical (unpaired) electrons. The zero-order valence-electron chi connectivity index (χ0n) is 17.0. The summed E-state index contributed by atoms with van der Waals surface area (Å²) in [5.41, 5.74) is 4.93. The van der Waals surface area contributed by atoms with Crippen molar-refractivity contribution in [3.8, 4) is 11.1 Å². The number of nitrogens with one attached hydrogen (secondary N) is 2. The summed E-state index contributed by atoms with van der Waals surface area (Å²) in [6.07, 6.45) is 4.63. The second kappa shape index (κ2) is 7.00. The summed E-state index contributed by atoms with van der Waals surface area (Å²) in [5, 5.41) is 4.08. The maximum absolute atomic E-state index is 14.9. The lowest BCUT2D eigenvalue weighted by Gasteiger charge is -2.16. The van der Waals surface area contributed by atoms with Crippen LogP contribution in [0, 0.1) is 11.7 Å². The molecule has 146 valence electrons. The van der Waals surface area contributed by atoms with Crippen LogP contribution in [0.15, 0.2) is 29.5 Å². The third kappa shape index (κ3) is 3.28. The van der Waals surface area contributed by atoms with Gasteiger partial charge in [0.05, 0.1) is 0 Å². The lowest BCUT2D eigenvalue weighted by molar-refractivity contribution is 0.565. The van der Waals surface area contributed by atoms with Crippen molar-refractivity contribution in [3.63, 3.8) is 0 Å². The SMILES string of the molecule is CC1=Nc2c(F)cc(-c3c[nH]c4nc(NC(C)C)ncc34)cc2C1CC(C)C. The van der Waals surface area contributed by atoms with Crippen molar-refractivity contribution in [1.82, 2.24) is 15.0 Å². The smallest absolute Gasteiger partial charge is 0.224 e. The lowest BCUT2D eigenvalue weighted by Crippen LogP contribution is -2.12. The highest BCUT2D eigenvalue weighted by Crippen LogP contribution is 2.43. The molecule has 5 nitrogen and oxygen atoms in total. The van der Waals surface area contributed by atoms with Gasteiger partial charge < -0.3 is 10.3 Å². The van der Waals surface area contributed by atoms with Gasteiger partial charge in [-0.1, -0.05) is 13.8 Å². The maximum atomic E-state index is 14.9. The zero-order valence-corrected chi connectivity index (χ0v) is 17.0. The maximum Gasteiger partial charge on any atom is 0.224 e. The normalized spacial score (nSPS) is 16.1. The van der Waals surface area contributed by atoms with Crippen LogP contribution in [0.5, 0.6) is 0 Å². The topological polar surface area (TPSA) is 66.0 Å². The van der Waals surface area contributed by atoms with Crippen molar-refractivity contribution in [2.24, 2.45) is 10.9 Å². The van der Waals surface area contributed by atoms with Gasteiger partial charge in [0.2, 0.25) is 5.95 Å². The number of benzene rings is 1. The van der Waals surface area contributed by atoms with E-state index in [1.165, 1.54) is 0 Å². The average molecular weight is 379 g/mol. The highest BCUT2D eigenvalue weighted by atomic mass is 19.1. The molecule has 0 fully saturated rings. The van der Waals surface area contributed by atoms with E-state index in [1.54, 1.807) is 12.3 Å². The highest BCUT2D eigenvalue weighted by Gasteiger charge is 2.28. The van der Waals surface area contributed by atoms with Crippen LogP contribution in [0.4, 0.5) is 16.0 Å². The molecular formula is C22H26FN5. The molecule has 1 aliphatic rings. The summed E-state index contributed by atoms with van der Waals surface area (Å²) >= 11 is 0. The van der Waals surface area contributed by atoms with E-state index < -0.39 is 0 Å². The molecule has 0 bridgehead atoms. The molecule has 0 amide bonds. The summed E-state index contributed by atoms with van der Waals surface area (Å²) in [7, 11) is 0. The first-order chi connectivity index (χ1) is 13.3. The Morgan fingerprint density at radius 3 is 2.71 bits per heavy atom. The number of fused-ring (bicyclic) bond motifs is 2. The summed E-state index contributed by atoms with van der Waals surface area (Å²) in [6, 6.07) is 3.89. The molecule has 2 aromatic heterocycles. The molecular weight excluding hydrogens is 353 g/mol. The van der Waals surface area contributed by atoms with E-state index in [-0.39, 0.29) is 17.8 Å². The molecule has 6 heteroatoms. The molecule has 1 atom stereocenters. The van der Waals surface area contributed by atoms with Crippen molar-refractivity contribution < 1.29 is 4.39 Å². The average Bonchev–Trinajstić information content (AvgIpc) is 3.16. The van der Waals surface area contributed by atoms with E-state index in [2.05, 4.69) is 45.2 Å². The molecule has 28 heavy (non-hydrogen) atoms. The molecule has 1 aliphatic heterocycles. The van der Waals surface area contributed by atoms with E-state index in [1.807, 2.05) is 27.0 Å². The Morgan fingerprint density at radius 1 is 1.21 bits per heavy atom. The lowest BCUT2D eigenvalue weighted by atomic mass is 9.87. The molecule has 4 rings (SSSR count). The number of halogens is 1. The summed E-state index contributed by atoms with van der Waals surface area (Å²) in [5.74, 6) is 0.998. The van der Waals surface area contributed by atoms with Crippen LogP contribution in [0.2, 0.25) is 0 Å². The van der Waals surface area contributed by atoms with Crippen LogP contribution in [0.3, 0.4) is 0 Å². The Kier molecular flexibility index (Phi) is 4.65. The van der Waals surface area contributed by atoms with Gasteiger partial charge in [-0.3, -0.25) is 4.99 Å². The molecule has 1 aromatic carbocycles. The number of rotatable bonds is 5. The van der Waals surface area contributed by atoms with Crippen LogP contribution in [0.1, 0.15) is 52.5 Å². The minimum absolute atomic E-state index is 0.174. The third-order valence-corrected chi connectivity index (χ3v) is 5.13. The van der Waals surface area contributed by atoms with E-state index in [9.17, 15) is 4.39 Å². The Hall–Kier alpha value is -2.76. The molecule has 0 spiro atoms. The Labute approximate surface area is 164 Å². The Morgan fingerprint density at radius 2 is 2.00 bits per heavy atom. The predicted octanol–water partition coefficient (Wildman–Crippen LogP) is 5.82. The molecule has 3 heterocycles. The van der Waals surface area contributed by atoms with Crippen molar-refractivity contribution in [2.75, 3.05) is 5.32 Å². The summed E-state index contributed by atoms with van der Waals surface area (Å²) in [4.78, 5) is 16.6. The largest absolute Gasteiger partial charge is 0.352 e. The van der Waals surface area contributed by atoms with Gasteiger partial charge in [-0.2, -0.15) is 4.98 Å². The van der Waals surface area contributed by atoms with Gasteiger partial charge in [0.1, 0.15) is 17.2 Å². The standard InChI is InChI=1S/C22H26FN5/c1-11(2)6-15-13(5)27-20-16(15)7-14(8-19(20)23)17-9-24-21-18(17)10-25-22(28-21)26-12(3)4/h7-12,15H,6H2,1-5H3,(H2,24,25,26,28). The van der Waals surface area contributed by atoms with Gasteiger partial charge in [-0.05, 0) is 56.4 Å². The van der Waals surface area contributed by atoms with E-state index in [4.69, 9.17) is 0 Å². The fraction of sp³-hybridized carbons (Fsp3) is 0.409. The number of hydrogen-bond acceptors (Lipinski definition) is 4. The van der Waals surface area contributed by atoms with Crippen molar-refractivity contribution in [2.45, 2.75) is 53.0 Å². The van der Waals surface area contributed by atoms with Crippen LogP contribution >= 0.6 is 0 Å². The first-order valence-corrected chi connectivity index (χ1v) is 9.83. The van der Waals surface area contributed by atoms with Crippen LogP contribution in [0.25, 0.3) is 22.2 Å². The summed E-state index contributed by atoms with van der Waals surface area (Å²) in [6.45, 7) is 10.4. The van der Waals surface area contributed by atoms with Crippen molar-refractivity contribution in [3.05, 3.63) is 35.9 Å². The number of hydrogen-bond donors (Lipinski definition) is 2. The van der Waals surface area contributed by atoms with Crippen molar-refractivity contribution in [1.29, 1.82) is 0 Å². The highest BCUT2D eigenvalue weighted by molar-refractivity contribution is 5.99. The zero-order chi connectivity index (χ0) is 20.0. The van der Waals surface area contributed by atoms with E-state index >= 15 is 0 Å². The predicted molar refractivity (Wildman–Crippen MR) is 113 cm³/mol. The number of aromatic nitrogens is 3. The van der Waals surface area contributed by atoms with Gasteiger partial charge in [-0.15, -0.1) is 0 Å². The quantitative estimate of drug-likeness (QED) is 0.587. The summed E-state index contributed by atoms with van der Waals surface area (Å²) < 4.78 is 14.9. The van der Waals surface area contributed by atoms with Crippen LogP contribution in [-0.4, -0.2) is 26.7 Å².